The zero-order valence-corrected chi connectivity index (χ0v) is 15.6. The van der Waals surface area contributed by atoms with Crippen molar-refractivity contribution in [2.75, 3.05) is 12.4 Å². The molecule has 0 fully saturated rings. The monoisotopic (exact) mass is 409 g/mol. The van der Waals surface area contributed by atoms with Gasteiger partial charge in [-0.2, -0.15) is 0 Å². The molecule has 0 atom stereocenters. The van der Waals surface area contributed by atoms with Crippen molar-refractivity contribution in [2.24, 2.45) is 0 Å². The van der Waals surface area contributed by atoms with Crippen LogP contribution in [-0.4, -0.2) is 18.9 Å². The van der Waals surface area contributed by atoms with E-state index in [1.54, 1.807) is 30.3 Å². The lowest BCUT2D eigenvalue weighted by Crippen LogP contribution is -2.12. The molecule has 0 aliphatic rings. The van der Waals surface area contributed by atoms with Gasteiger partial charge in [-0.1, -0.05) is 52.3 Å². The van der Waals surface area contributed by atoms with E-state index >= 15 is 0 Å². The second kappa shape index (κ2) is 7.97. The minimum absolute atomic E-state index is 0.241. The summed E-state index contributed by atoms with van der Waals surface area (Å²) < 4.78 is 5.57. The maximum Gasteiger partial charge on any atom is 0.338 e. The van der Waals surface area contributed by atoms with Crippen molar-refractivity contribution < 1.29 is 14.3 Å². The second-order valence-corrected chi connectivity index (χ2v) is 6.46. The van der Waals surface area contributed by atoms with Crippen LogP contribution in [0.2, 0.25) is 0 Å². The summed E-state index contributed by atoms with van der Waals surface area (Å²) >= 11 is 3.41. The van der Waals surface area contributed by atoms with E-state index in [1.165, 1.54) is 7.11 Å². The Bertz CT molecular complexity index is 954. The molecule has 0 saturated carbocycles. The number of carbonyl (C=O) groups excluding carboxylic acids is 2. The van der Waals surface area contributed by atoms with Crippen molar-refractivity contribution in [2.45, 2.75) is 0 Å². The van der Waals surface area contributed by atoms with Crippen molar-refractivity contribution in [3.05, 3.63) is 94.0 Å². The lowest BCUT2D eigenvalue weighted by Gasteiger charge is -2.13. The molecule has 0 aliphatic heterocycles. The summed E-state index contributed by atoms with van der Waals surface area (Å²) in [7, 11) is 1.30. The van der Waals surface area contributed by atoms with Gasteiger partial charge in [-0.25, -0.2) is 4.79 Å². The lowest BCUT2D eigenvalue weighted by atomic mass is 9.97. The molecule has 0 aliphatic carbocycles. The largest absolute Gasteiger partial charge is 0.465 e. The van der Waals surface area contributed by atoms with E-state index in [-0.39, 0.29) is 11.3 Å². The van der Waals surface area contributed by atoms with E-state index in [0.29, 0.717) is 16.8 Å². The molecule has 0 saturated heterocycles. The number of carbonyl (C=O) groups is 2. The van der Waals surface area contributed by atoms with E-state index in [9.17, 15) is 9.59 Å². The van der Waals surface area contributed by atoms with Gasteiger partial charge in [0.25, 0.3) is 0 Å². The molecule has 0 unspecified atom stereocenters. The Kier molecular flexibility index (Phi) is 5.49. The number of benzene rings is 3. The summed E-state index contributed by atoms with van der Waals surface area (Å²) in [5.74, 6) is -0.799. The summed E-state index contributed by atoms with van der Waals surface area (Å²) in [5.41, 5.74) is 2.52. The van der Waals surface area contributed by atoms with Gasteiger partial charge in [-0.15, -0.1) is 0 Å². The Hall–Kier alpha value is -2.92. The summed E-state index contributed by atoms with van der Waals surface area (Å²) in [6.07, 6.45) is 0. The number of esters is 1. The van der Waals surface area contributed by atoms with E-state index in [4.69, 9.17) is 4.74 Å². The average Bonchev–Trinajstić information content (AvgIpc) is 2.69. The van der Waals surface area contributed by atoms with Crippen molar-refractivity contribution >= 4 is 39.1 Å². The van der Waals surface area contributed by atoms with Crippen LogP contribution in [0.1, 0.15) is 26.3 Å². The third kappa shape index (κ3) is 3.83. The van der Waals surface area contributed by atoms with Gasteiger partial charge in [0, 0.05) is 27.0 Å². The number of ketones is 1. The number of para-hydroxylation sites is 1. The zero-order chi connectivity index (χ0) is 18.5. The fourth-order valence-electron chi connectivity index (χ4n) is 2.60. The third-order valence-corrected chi connectivity index (χ3v) is 4.35. The van der Waals surface area contributed by atoms with Gasteiger partial charge in [-0.05, 0) is 36.4 Å². The average molecular weight is 410 g/mol. The molecular weight excluding hydrogens is 394 g/mol. The first-order valence-electron chi connectivity index (χ1n) is 7.94. The topological polar surface area (TPSA) is 55.4 Å². The number of halogens is 1. The van der Waals surface area contributed by atoms with Crippen LogP contribution in [0.15, 0.2) is 77.3 Å². The number of nitrogens with one attached hydrogen (secondary N) is 1. The number of anilines is 2. The second-order valence-electron chi connectivity index (χ2n) is 5.55. The fraction of sp³-hybridized carbons (Fsp3) is 0.0476. The SMILES string of the molecule is COC(=O)c1ccccc1C(=O)c1cc(Br)ccc1Nc1ccccc1. The molecule has 0 spiro atoms. The summed E-state index contributed by atoms with van der Waals surface area (Å²) in [6.45, 7) is 0. The van der Waals surface area contributed by atoms with Crippen LogP contribution in [0.25, 0.3) is 0 Å². The fourth-order valence-corrected chi connectivity index (χ4v) is 2.97. The van der Waals surface area contributed by atoms with Gasteiger partial charge in [0.05, 0.1) is 12.7 Å². The third-order valence-electron chi connectivity index (χ3n) is 3.86. The van der Waals surface area contributed by atoms with Crippen LogP contribution < -0.4 is 5.32 Å². The number of rotatable bonds is 5. The van der Waals surface area contributed by atoms with Gasteiger partial charge in [-0.3, -0.25) is 4.79 Å². The molecule has 5 heteroatoms. The zero-order valence-electron chi connectivity index (χ0n) is 14.0. The maximum absolute atomic E-state index is 13.2. The predicted octanol–water partition coefficient (Wildman–Crippen LogP) is 5.21. The van der Waals surface area contributed by atoms with Crippen molar-refractivity contribution in [1.82, 2.24) is 0 Å². The molecule has 0 bridgehead atoms. The number of hydrogen-bond acceptors (Lipinski definition) is 4. The number of methoxy groups -OCH3 is 1. The molecule has 3 rings (SSSR count). The normalized spacial score (nSPS) is 10.2. The Balaban J connectivity index is 2.05. The van der Waals surface area contributed by atoms with E-state index in [2.05, 4.69) is 21.2 Å². The molecule has 130 valence electrons. The number of hydrogen-bond donors (Lipinski definition) is 1. The highest BCUT2D eigenvalue weighted by molar-refractivity contribution is 9.10. The lowest BCUT2D eigenvalue weighted by molar-refractivity contribution is 0.0597. The minimum Gasteiger partial charge on any atom is -0.465 e. The molecule has 1 N–H and O–H groups in total. The maximum atomic E-state index is 13.2. The Morgan fingerprint density at radius 2 is 1.50 bits per heavy atom. The number of ether oxygens (including phenoxy) is 1. The van der Waals surface area contributed by atoms with Crippen LogP contribution in [-0.2, 0) is 4.74 Å². The minimum atomic E-state index is -0.540. The van der Waals surface area contributed by atoms with E-state index in [0.717, 1.165) is 10.2 Å². The van der Waals surface area contributed by atoms with Crippen LogP contribution >= 0.6 is 15.9 Å². The highest BCUT2D eigenvalue weighted by Gasteiger charge is 2.21. The van der Waals surface area contributed by atoms with Crippen molar-refractivity contribution in [3.63, 3.8) is 0 Å². The first-order valence-corrected chi connectivity index (χ1v) is 8.73. The van der Waals surface area contributed by atoms with Gasteiger partial charge >= 0.3 is 5.97 Å². The van der Waals surface area contributed by atoms with Crippen LogP contribution in [0, 0.1) is 0 Å². The molecule has 3 aromatic rings. The smallest absolute Gasteiger partial charge is 0.338 e. The molecule has 0 radical (unpaired) electrons. The van der Waals surface area contributed by atoms with Gasteiger partial charge in [0.15, 0.2) is 5.78 Å². The van der Waals surface area contributed by atoms with Gasteiger partial charge in [0.2, 0.25) is 0 Å². The quantitative estimate of drug-likeness (QED) is 0.464. The van der Waals surface area contributed by atoms with Gasteiger partial charge in [0.1, 0.15) is 0 Å². The Labute approximate surface area is 159 Å². The molecule has 3 aromatic carbocycles. The molecule has 0 heterocycles. The predicted molar refractivity (Wildman–Crippen MR) is 105 cm³/mol. The first-order chi connectivity index (χ1) is 12.6. The summed E-state index contributed by atoms with van der Waals surface area (Å²) in [4.78, 5) is 25.2. The molecular formula is C21H16BrNO3. The van der Waals surface area contributed by atoms with Crippen LogP contribution in [0.5, 0.6) is 0 Å². The van der Waals surface area contributed by atoms with Crippen LogP contribution in [0.3, 0.4) is 0 Å². The van der Waals surface area contributed by atoms with Crippen molar-refractivity contribution in [1.29, 1.82) is 0 Å². The van der Waals surface area contributed by atoms with E-state index < -0.39 is 5.97 Å². The first kappa shape index (κ1) is 17.9. The highest BCUT2D eigenvalue weighted by atomic mass is 79.9. The Morgan fingerprint density at radius 3 is 2.19 bits per heavy atom. The summed E-state index contributed by atoms with van der Waals surface area (Å²) in [5, 5.41) is 3.26. The highest BCUT2D eigenvalue weighted by Crippen LogP contribution is 2.28. The standard InChI is InChI=1S/C21H16BrNO3/c1-26-21(25)17-10-6-5-9-16(17)20(24)18-13-14(22)11-12-19(18)23-15-7-3-2-4-8-15/h2-13,23H,1H3. The van der Waals surface area contributed by atoms with Crippen LogP contribution in [0.4, 0.5) is 11.4 Å². The van der Waals surface area contributed by atoms with Gasteiger partial charge < -0.3 is 10.1 Å². The Morgan fingerprint density at radius 1 is 0.846 bits per heavy atom. The van der Waals surface area contributed by atoms with Crippen molar-refractivity contribution in [3.8, 4) is 0 Å². The molecule has 0 amide bonds. The molecule has 26 heavy (non-hydrogen) atoms. The van der Waals surface area contributed by atoms with E-state index in [1.807, 2.05) is 42.5 Å². The molecule has 0 aromatic heterocycles. The molecule has 4 nitrogen and oxygen atoms in total. The summed E-state index contributed by atoms with van der Waals surface area (Å²) in [6, 6.07) is 21.6.